The Morgan fingerprint density at radius 2 is 1.87 bits per heavy atom. The molecule has 7 heteroatoms. The highest BCUT2D eigenvalue weighted by Gasteiger charge is 2.29. The van der Waals surface area contributed by atoms with Crippen LogP contribution in [-0.4, -0.2) is 35.4 Å². The Labute approximate surface area is 193 Å². The van der Waals surface area contributed by atoms with Crippen molar-refractivity contribution >= 4 is 35.0 Å². The van der Waals surface area contributed by atoms with Crippen LogP contribution in [0.3, 0.4) is 0 Å². The number of aryl methyl sites for hydroxylation is 1. The lowest BCUT2D eigenvalue weighted by Crippen LogP contribution is -2.50. The van der Waals surface area contributed by atoms with Gasteiger partial charge in [0.05, 0.1) is 0 Å². The number of nitrogens with one attached hydrogen (secondary N) is 1. The number of carbonyl (C=O) groups excluding carboxylic acids is 2. The molecule has 1 saturated carbocycles. The number of amides is 2. The third kappa shape index (κ3) is 6.37. The number of hydrogen-bond acceptors (Lipinski definition) is 3. The standard InChI is InChI=1S/C24H28Cl2N2O3/c1-16-7-3-6-10-22(16)31-15-23(29)28(14-18-11-12-19(25)13-21(18)26)17(2)24(30)27-20-8-4-5-9-20/h3,6-7,10-13,17,20H,4-5,8-9,14-15H2,1-2H3,(H,27,30)/t17-/m0/s1. The van der Waals surface area contributed by atoms with Crippen LogP contribution in [0.1, 0.15) is 43.7 Å². The first kappa shape index (κ1) is 23.4. The molecule has 1 atom stereocenters. The molecule has 0 bridgehead atoms. The number of carbonyl (C=O) groups is 2. The van der Waals surface area contributed by atoms with Crippen LogP contribution in [0.5, 0.6) is 5.75 Å². The molecule has 2 aromatic rings. The predicted octanol–water partition coefficient (Wildman–Crippen LogP) is 5.16. The normalized spacial score (nSPS) is 14.8. The maximum Gasteiger partial charge on any atom is 0.261 e. The van der Waals surface area contributed by atoms with E-state index in [0.717, 1.165) is 36.8 Å². The molecule has 0 heterocycles. The molecule has 0 aromatic heterocycles. The van der Waals surface area contributed by atoms with Crippen molar-refractivity contribution in [2.24, 2.45) is 0 Å². The Kier molecular flexibility index (Phi) is 8.22. The number of hydrogen-bond donors (Lipinski definition) is 1. The van der Waals surface area contributed by atoms with Gasteiger partial charge in [0.2, 0.25) is 5.91 Å². The van der Waals surface area contributed by atoms with Crippen LogP contribution >= 0.6 is 23.2 Å². The smallest absolute Gasteiger partial charge is 0.261 e. The Bertz CT molecular complexity index is 929. The monoisotopic (exact) mass is 462 g/mol. The van der Waals surface area contributed by atoms with Crippen LogP contribution in [0.25, 0.3) is 0 Å². The van der Waals surface area contributed by atoms with Gasteiger partial charge in [-0.15, -0.1) is 0 Å². The van der Waals surface area contributed by atoms with Gasteiger partial charge in [-0.3, -0.25) is 9.59 Å². The van der Waals surface area contributed by atoms with Crippen LogP contribution in [-0.2, 0) is 16.1 Å². The summed E-state index contributed by atoms with van der Waals surface area (Å²) < 4.78 is 5.75. The lowest BCUT2D eigenvalue weighted by Gasteiger charge is -2.30. The maximum absolute atomic E-state index is 13.1. The third-order valence-corrected chi connectivity index (χ3v) is 6.26. The summed E-state index contributed by atoms with van der Waals surface area (Å²) in [6, 6.07) is 12.1. The summed E-state index contributed by atoms with van der Waals surface area (Å²) in [5.41, 5.74) is 1.66. The molecular weight excluding hydrogens is 435 g/mol. The first-order valence-electron chi connectivity index (χ1n) is 10.6. The number of nitrogens with zero attached hydrogens (tertiary/aromatic N) is 1. The third-order valence-electron chi connectivity index (χ3n) is 5.67. The van der Waals surface area contributed by atoms with E-state index in [-0.39, 0.29) is 31.0 Å². The van der Waals surface area contributed by atoms with Gasteiger partial charge in [0.25, 0.3) is 5.91 Å². The quantitative estimate of drug-likeness (QED) is 0.589. The van der Waals surface area contributed by atoms with Crippen molar-refractivity contribution in [3.05, 3.63) is 63.6 Å². The molecule has 166 valence electrons. The van der Waals surface area contributed by atoms with Crippen LogP contribution < -0.4 is 10.1 Å². The first-order valence-corrected chi connectivity index (χ1v) is 11.3. The highest BCUT2D eigenvalue weighted by atomic mass is 35.5. The fraction of sp³-hybridized carbons (Fsp3) is 0.417. The minimum atomic E-state index is -0.666. The summed E-state index contributed by atoms with van der Waals surface area (Å²) in [4.78, 5) is 27.6. The van der Waals surface area contributed by atoms with Gasteiger partial charge in [0.15, 0.2) is 6.61 Å². The van der Waals surface area contributed by atoms with E-state index in [4.69, 9.17) is 27.9 Å². The van der Waals surface area contributed by atoms with Gasteiger partial charge in [-0.1, -0.05) is 60.3 Å². The maximum atomic E-state index is 13.1. The number of benzene rings is 2. The largest absolute Gasteiger partial charge is 0.484 e. The fourth-order valence-corrected chi connectivity index (χ4v) is 4.22. The van der Waals surface area contributed by atoms with Gasteiger partial charge in [-0.25, -0.2) is 0 Å². The second-order valence-electron chi connectivity index (χ2n) is 7.98. The molecule has 1 aliphatic rings. The van der Waals surface area contributed by atoms with E-state index in [9.17, 15) is 9.59 Å². The van der Waals surface area contributed by atoms with E-state index >= 15 is 0 Å². The van der Waals surface area contributed by atoms with Gasteiger partial charge >= 0.3 is 0 Å². The number of rotatable bonds is 8. The van der Waals surface area contributed by atoms with E-state index in [0.29, 0.717) is 15.8 Å². The zero-order valence-corrected chi connectivity index (χ0v) is 19.4. The van der Waals surface area contributed by atoms with E-state index in [2.05, 4.69) is 5.32 Å². The Morgan fingerprint density at radius 3 is 2.55 bits per heavy atom. The van der Waals surface area contributed by atoms with Crippen LogP contribution in [0.4, 0.5) is 0 Å². The second-order valence-corrected chi connectivity index (χ2v) is 8.82. The molecule has 3 rings (SSSR count). The minimum absolute atomic E-state index is 0.166. The molecule has 2 aromatic carbocycles. The Morgan fingerprint density at radius 1 is 1.16 bits per heavy atom. The molecule has 1 fully saturated rings. The molecule has 1 aliphatic carbocycles. The van der Waals surface area contributed by atoms with E-state index in [1.165, 1.54) is 4.90 Å². The van der Waals surface area contributed by atoms with Crippen molar-refractivity contribution in [1.29, 1.82) is 0 Å². The second kappa shape index (κ2) is 10.9. The summed E-state index contributed by atoms with van der Waals surface area (Å²) in [7, 11) is 0. The molecule has 0 spiro atoms. The summed E-state index contributed by atoms with van der Waals surface area (Å²) in [6.45, 7) is 3.67. The topological polar surface area (TPSA) is 58.6 Å². The van der Waals surface area contributed by atoms with Gasteiger partial charge in [0.1, 0.15) is 11.8 Å². The average Bonchev–Trinajstić information content (AvgIpc) is 3.25. The Hall–Kier alpha value is -2.24. The van der Waals surface area contributed by atoms with Crippen LogP contribution in [0.2, 0.25) is 10.0 Å². The van der Waals surface area contributed by atoms with Crippen molar-refractivity contribution in [3.63, 3.8) is 0 Å². The molecular formula is C24H28Cl2N2O3. The molecule has 0 aliphatic heterocycles. The summed E-state index contributed by atoms with van der Waals surface area (Å²) >= 11 is 12.3. The Balaban J connectivity index is 1.75. The highest BCUT2D eigenvalue weighted by Crippen LogP contribution is 2.24. The fourth-order valence-electron chi connectivity index (χ4n) is 3.75. The molecule has 0 saturated heterocycles. The average molecular weight is 463 g/mol. The molecule has 31 heavy (non-hydrogen) atoms. The number of ether oxygens (including phenoxy) is 1. The van der Waals surface area contributed by atoms with Gasteiger partial charge < -0.3 is 15.0 Å². The van der Waals surface area contributed by atoms with E-state index < -0.39 is 6.04 Å². The first-order chi connectivity index (χ1) is 14.8. The van der Waals surface area contributed by atoms with Crippen molar-refractivity contribution in [3.8, 4) is 5.75 Å². The van der Waals surface area contributed by atoms with Crippen LogP contribution in [0.15, 0.2) is 42.5 Å². The molecule has 0 unspecified atom stereocenters. The molecule has 2 amide bonds. The summed E-state index contributed by atoms with van der Waals surface area (Å²) in [5, 5.41) is 4.05. The predicted molar refractivity (Wildman–Crippen MR) is 124 cm³/mol. The molecule has 1 N–H and O–H groups in total. The van der Waals surface area contributed by atoms with Gasteiger partial charge in [0, 0.05) is 22.6 Å². The summed E-state index contributed by atoms with van der Waals surface area (Å²) in [6.07, 6.45) is 4.19. The molecule has 5 nitrogen and oxygen atoms in total. The van der Waals surface area contributed by atoms with Crippen molar-refractivity contribution < 1.29 is 14.3 Å². The van der Waals surface area contributed by atoms with Crippen molar-refractivity contribution in [2.75, 3.05) is 6.61 Å². The van der Waals surface area contributed by atoms with E-state index in [1.54, 1.807) is 25.1 Å². The van der Waals surface area contributed by atoms with E-state index in [1.807, 2.05) is 31.2 Å². The summed E-state index contributed by atoms with van der Waals surface area (Å²) in [5.74, 6) is 0.188. The lowest BCUT2D eigenvalue weighted by molar-refractivity contribution is -0.142. The zero-order chi connectivity index (χ0) is 22.4. The lowest BCUT2D eigenvalue weighted by atomic mass is 10.1. The zero-order valence-electron chi connectivity index (χ0n) is 17.9. The molecule has 0 radical (unpaired) electrons. The SMILES string of the molecule is Cc1ccccc1OCC(=O)N(Cc1ccc(Cl)cc1Cl)[C@@H](C)C(=O)NC1CCCC1. The van der Waals surface area contributed by atoms with Crippen molar-refractivity contribution in [2.45, 2.75) is 58.2 Å². The number of halogens is 2. The van der Waals surface area contributed by atoms with Gasteiger partial charge in [-0.2, -0.15) is 0 Å². The minimum Gasteiger partial charge on any atom is -0.484 e. The van der Waals surface area contributed by atoms with Crippen LogP contribution in [0, 0.1) is 6.92 Å². The van der Waals surface area contributed by atoms with Crippen molar-refractivity contribution in [1.82, 2.24) is 10.2 Å². The highest BCUT2D eigenvalue weighted by molar-refractivity contribution is 6.35. The number of para-hydroxylation sites is 1. The van der Waals surface area contributed by atoms with Gasteiger partial charge in [-0.05, 0) is 56.0 Å².